The van der Waals surface area contributed by atoms with Crippen LogP contribution in [0.5, 0.6) is 0 Å². The van der Waals surface area contributed by atoms with Crippen LogP contribution in [0.1, 0.15) is 39.4 Å². The monoisotopic (exact) mass is 377 g/mol. The third-order valence-corrected chi connectivity index (χ3v) is 5.72. The Morgan fingerprint density at radius 3 is 2.36 bits per heavy atom. The molecule has 28 heavy (non-hydrogen) atoms. The van der Waals surface area contributed by atoms with Gasteiger partial charge in [-0.25, -0.2) is 0 Å². The fraction of sp³-hybridized carbons (Fsp3) is 0.391. The molecular weight excluding hydrogens is 350 g/mol. The highest BCUT2D eigenvalue weighted by Gasteiger charge is 2.29. The average molecular weight is 377 g/mol. The van der Waals surface area contributed by atoms with Crippen molar-refractivity contribution in [3.8, 4) is 0 Å². The highest BCUT2D eigenvalue weighted by atomic mass is 16.2. The lowest BCUT2D eigenvalue weighted by molar-refractivity contribution is -0.120. The van der Waals surface area contributed by atoms with Gasteiger partial charge < -0.3 is 15.1 Å². The van der Waals surface area contributed by atoms with Crippen molar-refractivity contribution in [1.29, 1.82) is 0 Å². The summed E-state index contributed by atoms with van der Waals surface area (Å²) in [6.45, 7) is 7.32. The van der Waals surface area contributed by atoms with E-state index in [1.54, 1.807) is 9.80 Å². The number of anilines is 1. The summed E-state index contributed by atoms with van der Waals surface area (Å²) >= 11 is 0. The molecule has 0 saturated carbocycles. The minimum absolute atomic E-state index is 0.0294. The van der Waals surface area contributed by atoms with Crippen LogP contribution in [0.2, 0.25) is 0 Å². The molecule has 0 bridgehead atoms. The number of rotatable bonds is 3. The van der Waals surface area contributed by atoms with E-state index in [-0.39, 0.29) is 18.4 Å². The number of amides is 2. The Kier molecular flexibility index (Phi) is 5.18. The summed E-state index contributed by atoms with van der Waals surface area (Å²) in [5.74, 6) is 0.440. The Morgan fingerprint density at radius 1 is 1.04 bits per heavy atom. The molecule has 0 spiro atoms. The van der Waals surface area contributed by atoms with Gasteiger partial charge in [-0.3, -0.25) is 9.59 Å². The summed E-state index contributed by atoms with van der Waals surface area (Å²) in [5, 5.41) is 3.37. The van der Waals surface area contributed by atoms with Crippen LogP contribution in [0, 0.1) is 13.8 Å². The van der Waals surface area contributed by atoms with Gasteiger partial charge in [0, 0.05) is 30.9 Å². The van der Waals surface area contributed by atoms with Gasteiger partial charge in [0.2, 0.25) is 5.91 Å². The van der Waals surface area contributed by atoms with Gasteiger partial charge in [0.05, 0.1) is 0 Å². The molecule has 2 saturated heterocycles. The largest absolute Gasteiger partial charge is 0.328 e. The zero-order chi connectivity index (χ0) is 19.7. The molecule has 5 heteroatoms. The molecule has 1 N–H and O–H groups in total. The lowest BCUT2D eigenvalue weighted by Crippen LogP contribution is -2.52. The Balaban J connectivity index is 1.43. The van der Waals surface area contributed by atoms with Crippen molar-refractivity contribution in [2.45, 2.75) is 26.2 Å². The molecule has 2 heterocycles. The normalized spacial score (nSPS) is 19.9. The van der Waals surface area contributed by atoms with Gasteiger partial charge in [-0.1, -0.05) is 18.2 Å². The fourth-order valence-electron chi connectivity index (χ4n) is 4.25. The molecule has 2 aliphatic rings. The first-order chi connectivity index (χ1) is 13.5. The maximum absolute atomic E-state index is 12.9. The predicted octanol–water partition coefficient (Wildman–Crippen LogP) is 2.87. The molecule has 0 aromatic heterocycles. The molecule has 2 aliphatic heterocycles. The van der Waals surface area contributed by atoms with Crippen molar-refractivity contribution >= 4 is 17.5 Å². The van der Waals surface area contributed by atoms with Crippen molar-refractivity contribution in [2.75, 3.05) is 37.6 Å². The van der Waals surface area contributed by atoms with Gasteiger partial charge >= 0.3 is 0 Å². The zero-order valence-electron chi connectivity index (χ0n) is 16.6. The lowest BCUT2D eigenvalue weighted by Gasteiger charge is -2.34. The van der Waals surface area contributed by atoms with Gasteiger partial charge in [0.1, 0.15) is 6.54 Å². The van der Waals surface area contributed by atoms with Crippen molar-refractivity contribution in [3.63, 3.8) is 0 Å². The Labute approximate surface area is 166 Å². The third kappa shape index (κ3) is 3.80. The number of piperazine rings is 1. The van der Waals surface area contributed by atoms with Gasteiger partial charge in [-0.2, -0.15) is 0 Å². The lowest BCUT2D eigenvalue weighted by atomic mass is 9.97. The molecule has 0 radical (unpaired) electrons. The van der Waals surface area contributed by atoms with Crippen LogP contribution in [-0.4, -0.2) is 49.4 Å². The molecule has 2 aromatic rings. The SMILES string of the molecule is Cc1cc(C)cc(N2CCN(C(=O)c3ccc([C@@H]4CCNC4)cc3)CC2=O)c1. The average Bonchev–Trinajstić information content (AvgIpc) is 3.21. The second-order valence-electron chi connectivity index (χ2n) is 7.93. The van der Waals surface area contributed by atoms with Crippen molar-refractivity contribution < 1.29 is 9.59 Å². The third-order valence-electron chi connectivity index (χ3n) is 5.72. The Morgan fingerprint density at radius 2 is 1.75 bits per heavy atom. The molecule has 5 nitrogen and oxygen atoms in total. The maximum Gasteiger partial charge on any atom is 0.254 e. The topological polar surface area (TPSA) is 52.6 Å². The minimum Gasteiger partial charge on any atom is -0.328 e. The zero-order valence-corrected chi connectivity index (χ0v) is 16.6. The van der Waals surface area contributed by atoms with Gasteiger partial charge in [-0.15, -0.1) is 0 Å². The standard InChI is InChI=1S/C23H27N3O2/c1-16-11-17(2)13-21(12-16)26-10-9-25(15-22(26)27)23(28)19-5-3-18(4-6-19)20-7-8-24-14-20/h3-6,11-13,20,24H,7-10,14-15H2,1-2H3/t20-/m1/s1. The molecule has 0 unspecified atom stereocenters. The smallest absolute Gasteiger partial charge is 0.254 e. The van der Waals surface area contributed by atoms with Crippen LogP contribution in [0.15, 0.2) is 42.5 Å². The summed E-state index contributed by atoms with van der Waals surface area (Å²) in [5.41, 5.74) is 5.13. The number of nitrogens with one attached hydrogen (secondary N) is 1. The number of benzene rings is 2. The molecule has 4 rings (SSSR count). The molecule has 146 valence electrons. The molecule has 1 atom stereocenters. The summed E-state index contributed by atoms with van der Waals surface area (Å²) in [4.78, 5) is 29.0. The molecule has 0 aliphatic carbocycles. The van der Waals surface area contributed by atoms with E-state index in [0.29, 0.717) is 24.6 Å². The summed E-state index contributed by atoms with van der Waals surface area (Å²) in [6.07, 6.45) is 1.14. The van der Waals surface area contributed by atoms with Crippen LogP contribution >= 0.6 is 0 Å². The number of hydrogen-bond acceptors (Lipinski definition) is 3. The van der Waals surface area contributed by atoms with E-state index in [9.17, 15) is 9.59 Å². The van der Waals surface area contributed by atoms with Crippen LogP contribution in [0.3, 0.4) is 0 Å². The Bertz CT molecular complexity index is 865. The van der Waals surface area contributed by atoms with E-state index in [2.05, 4.69) is 23.5 Å². The molecular formula is C23H27N3O2. The van der Waals surface area contributed by atoms with Gasteiger partial charge in [0.15, 0.2) is 0 Å². The first-order valence-electron chi connectivity index (χ1n) is 10.00. The van der Waals surface area contributed by atoms with E-state index < -0.39 is 0 Å². The van der Waals surface area contributed by atoms with Crippen LogP contribution in [0.25, 0.3) is 0 Å². The predicted molar refractivity (Wildman–Crippen MR) is 111 cm³/mol. The molecule has 2 aromatic carbocycles. The summed E-state index contributed by atoms with van der Waals surface area (Å²) in [6, 6.07) is 14.1. The Hall–Kier alpha value is -2.66. The fourth-order valence-corrected chi connectivity index (χ4v) is 4.25. The second kappa shape index (κ2) is 7.76. The van der Waals surface area contributed by atoms with Crippen LogP contribution in [-0.2, 0) is 4.79 Å². The molecule has 2 fully saturated rings. The van der Waals surface area contributed by atoms with E-state index in [1.807, 2.05) is 38.1 Å². The number of carbonyl (C=O) groups excluding carboxylic acids is 2. The summed E-state index contributed by atoms with van der Waals surface area (Å²) in [7, 11) is 0. The number of hydrogen-bond donors (Lipinski definition) is 1. The van der Waals surface area contributed by atoms with Gasteiger partial charge in [-0.05, 0) is 73.7 Å². The van der Waals surface area contributed by atoms with E-state index in [1.165, 1.54) is 5.56 Å². The second-order valence-corrected chi connectivity index (χ2v) is 7.93. The number of nitrogens with zero attached hydrogens (tertiary/aromatic N) is 2. The van der Waals surface area contributed by atoms with Crippen LogP contribution in [0.4, 0.5) is 5.69 Å². The first kappa shape index (κ1) is 18.7. The van der Waals surface area contributed by atoms with Crippen molar-refractivity contribution in [2.24, 2.45) is 0 Å². The van der Waals surface area contributed by atoms with E-state index in [0.717, 1.165) is 36.3 Å². The first-order valence-corrected chi connectivity index (χ1v) is 10.00. The molecule has 2 amide bonds. The minimum atomic E-state index is -0.0653. The van der Waals surface area contributed by atoms with Crippen LogP contribution < -0.4 is 10.2 Å². The quantitative estimate of drug-likeness (QED) is 0.895. The van der Waals surface area contributed by atoms with E-state index >= 15 is 0 Å². The number of aryl methyl sites for hydroxylation is 2. The highest BCUT2D eigenvalue weighted by Crippen LogP contribution is 2.24. The number of carbonyl (C=O) groups is 2. The van der Waals surface area contributed by atoms with E-state index in [4.69, 9.17) is 0 Å². The van der Waals surface area contributed by atoms with Crippen molar-refractivity contribution in [3.05, 3.63) is 64.7 Å². The maximum atomic E-state index is 12.9. The highest BCUT2D eigenvalue weighted by molar-refractivity contribution is 6.01. The van der Waals surface area contributed by atoms with Gasteiger partial charge in [0.25, 0.3) is 5.91 Å². The van der Waals surface area contributed by atoms with Crippen molar-refractivity contribution in [1.82, 2.24) is 10.2 Å². The summed E-state index contributed by atoms with van der Waals surface area (Å²) < 4.78 is 0.